The molecule has 0 saturated carbocycles. The van der Waals surface area contributed by atoms with Crippen molar-refractivity contribution in [2.45, 2.75) is 38.6 Å². The lowest BCUT2D eigenvalue weighted by atomic mass is 10.1. The Bertz CT molecular complexity index is 724. The highest BCUT2D eigenvalue weighted by Crippen LogP contribution is 2.40. The van der Waals surface area contributed by atoms with E-state index in [1.165, 1.54) is 5.10 Å². The molecule has 0 unspecified atom stereocenters. The number of H-pyrrole nitrogens is 1. The third-order valence-corrected chi connectivity index (χ3v) is 3.06. The zero-order chi connectivity index (χ0) is 19.2. The lowest BCUT2D eigenvalue weighted by Gasteiger charge is -2.36. The molecule has 0 bridgehead atoms. The topological polar surface area (TPSA) is 130 Å². The number of nitro groups is 1. The molecular weight excluding hydrogens is 351 g/mol. The molecule has 138 valence electrons. The Morgan fingerprint density at radius 2 is 2.04 bits per heavy atom. The Balaban J connectivity index is 2.14. The van der Waals surface area contributed by atoms with Gasteiger partial charge in [0.25, 0.3) is 5.91 Å². The predicted molar refractivity (Wildman–Crippen MR) is 75.8 cm³/mol. The highest BCUT2D eigenvalue weighted by Gasteiger charge is 2.49. The first-order chi connectivity index (χ1) is 11.3. The van der Waals surface area contributed by atoms with Gasteiger partial charge >= 0.3 is 18.0 Å². The van der Waals surface area contributed by atoms with E-state index >= 15 is 0 Å². The van der Waals surface area contributed by atoms with E-state index in [0.717, 1.165) is 0 Å². The fourth-order valence-corrected chi connectivity index (χ4v) is 2.06. The summed E-state index contributed by atoms with van der Waals surface area (Å²) in [5.41, 5.74) is -3.82. The number of nitrogens with zero attached hydrogens (tertiary/aromatic N) is 3. The number of ether oxygens (including phenoxy) is 1. The molecule has 0 spiro atoms. The number of carbonyl (C=O) groups is 2. The molecule has 10 nitrogen and oxygen atoms in total. The smallest absolute Gasteiger partial charge is 0.439 e. The molecule has 1 aliphatic heterocycles. The molecule has 25 heavy (non-hydrogen) atoms. The highest BCUT2D eigenvalue weighted by molar-refractivity contribution is 6.06. The maximum Gasteiger partial charge on any atom is 0.439 e. The third-order valence-electron chi connectivity index (χ3n) is 3.06. The summed E-state index contributed by atoms with van der Waals surface area (Å²) in [5, 5.41) is 17.9. The van der Waals surface area contributed by atoms with Gasteiger partial charge in [-0.25, -0.2) is 4.79 Å². The van der Waals surface area contributed by atoms with Crippen LogP contribution in [0.2, 0.25) is 0 Å². The number of aromatic amines is 1. The minimum Gasteiger partial charge on any atom is -0.444 e. The van der Waals surface area contributed by atoms with Crippen LogP contribution >= 0.6 is 0 Å². The molecule has 1 aromatic heterocycles. The molecule has 2 heterocycles. The van der Waals surface area contributed by atoms with Gasteiger partial charge in [0.15, 0.2) is 0 Å². The van der Waals surface area contributed by atoms with Crippen molar-refractivity contribution in [2.24, 2.45) is 0 Å². The Morgan fingerprint density at radius 1 is 1.44 bits per heavy atom. The van der Waals surface area contributed by atoms with Gasteiger partial charge in [-0.2, -0.15) is 13.2 Å². The summed E-state index contributed by atoms with van der Waals surface area (Å²) >= 11 is 0. The standard InChI is InChI=1S/C12H14F3N5O5/c1-11(2,3)25-10(22)16-5-4-19(9(5)21)8-6(20(23)24)7(17-18-8)12(13,14)15/h5H,4H2,1-3H3,(H,16,22)(H,17,18)/t5-/m0/s1. The van der Waals surface area contributed by atoms with Crippen LogP contribution in [-0.2, 0) is 15.7 Å². The quantitative estimate of drug-likeness (QED) is 0.475. The van der Waals surface area contributed by atoms with Crippen LogP contribution in [0.5, 0.6) is 0 Å². The van der Waals surface area contributed by atoms with E-state index in [9.17, 15) is 32.9 Å². The number of β-lactam (4-membered cyclic amide) rings is 1. The SMILES string of the molecule is CC(C)(C)OC(=O)N[C@H]1CN(c2n[nH]c(C(F)(F)F)c2[N+](=O)[O-])C1=O. The van der Waals surface area contributed by atoms with Crippen LogP contribution in [0.1, 0.15) is 26.5 Å². The van der Waals surface area contributed by atoms with E-state index < -0.39 is 51.9 Å². The molecule has 2 amide bonds. The van der Waals surface area contributed by atoms with Crippen LogP contribution in [0.4, 0.5) is 29.5 Å². The second kappa shape index (κ2) is 5.89. The molecule has 2 rings (SSSR count). The van der Waals surface area contributed by atoms with Crippen LogP contribution in [0.3, 0.4) is 0 Å². The lowest BCUT2D eigenvalue weighted by Crippen LogP contribution is -2.64. The Labute approximate surface area is 138 Å². The van der Waals surface area contributed by atoms with Crippen molar-refractivity contribution >= 4 is 23.5 Å². The highest BCUT2D eigenvalue weighted by atomic mass is 19.4. The molecule has 1 atom stereocenters. The molecule has 13 heteroatoms. The monoisotopic (exact) mass is 365 g/mol. The first kappa shape index (κ1) is 18.5. The summed E-state index contributed by atoms with van der Waals surface area (Å²) < 4.78 is 43.2. The van der Waals surface area contributed by atoms with Crippen molar-refractivity contribution in [2.75, 3.05) is 11.4 Å². The molecule has 1 aliphatic rings. The van der Waals surface area contributed by atoms with E-state index in [1.807, 2.05) is 0 Å². The summed E-state index contributed by atoms with van der Waals surface area (Å²) in [7, 11) is 0. The van der Waals surface area contributed by atoms with Crippen molar-refractivity contribution in [1.82, 2.24) is 15.5 Å². The Hall–Kier alpha value is -2.86. The number of hydrogen-bond acceptors (Lipinski definition) is 6. The average molecular weight is 365 g/mol. The molecule has 0 radical (unpaired) electrons. The van der Waals surface area contributed by atoms with Crippen molar-refractivity contribution in [1.29, 1.82) is 0 Å². The lowest BCUT2D eigenvalue weighted by molar-refractivity contribution is -0.387. The third kappa shape index (κ3) is 3.80. The summed E-state index contributed by atoms with van der Waals surface area (Å²) in [6.45, 7) is 4.54. The van der Waals surface area contributed by atoms with E-state index in [1.54, 1.807) is 20.8 Å². The molecule has 0 aliphatic carbocycles. The number of anilines is 1. The zero-order valence-electron chi connectivity index (χ0n) is 13.3. The predicted octanol–water partition coefficient (Wildman–Crippen LogP) is 1.58. The minimum atomic E-state index is -5.03. The van der Waals surface area contributed by atoms with E-state index in [4.69, 9.17) is 4.74 Å². The van der Waals surface area contributed by atoms with Gasteiger partial charge in [-0.1, -0.05) is 0 Å². The van der Waals surface area contributed by atoms with Crippen LogP contribution in [-0.4, -0.2) is 45.3 Å². The number of alkyl halides is 3. The van der Waals surface area contributed by atoms with E-state index in [-0.39, 0.29) is 6.54 Å². The first-order valence-corrected chi connectivity index (χ1v) is 6.92. The fraction of sp³-hybridized carbons (Fsp3) is 0.583. The molecule has 0 aromatic carbocycles. The number of hydrogen-bond donors (Lipinski definition) is 2. The molecule has 2 N–H and O–H groups in total. The average Bonchev–Trinajstić information content (AvgIpc) is 2.84. The van der Waals surface area contributed by atoms with Crippen LogP contribution in [0.25, 0.3) is 0 Å². The van der Waals surface area contributed by atoms with Crippen molar-refractivity contribution < 1.29 is 32.4 Å². The van der Waals surface area contributed by atoms with Crippen LogP contribution in [0.15, 0.2) is 0 Å². The number of rotatable bonds is 3. The summed E-state index contributed by atoms with van der Waals surface area (Å²) in [6, 6.07) is -1.07. The van der Waals surface area contributed by atoms with E-state index in [2.05, 4.69) is 10.4 Å². The molecule has 1 fully saturated rings. The summed E-state index contributed by atoms with van der Waals surface area (Å²) in [4.78, 5) is 33.9. The number of halogens is 3. The minimum absolute atomic E-state index is 0.277. The van der Waals surface area contributed by atoms with Gasteiger partial charge in [0.1, 0.15) is 11.6 Å². The van der Waals surface area contributed by atoms with Gasteiger partial charge in [0, 0.05) is 0 Å². The van der Waals surface area contributed by atoms with Gasteiger partial charge in [-0.3, -0.25) is 24.9 Å². The van der Waals surface area contributed by atoms with E-state index in [0.29, 0.717) is 4.90 Å². The van der Waals surface area contributed by atoms with Crippen molar-refractivity contribution in [3.05, 3.63) is 15.8 Å². The summed E-state index contributed by atoms with van der Waals surface area (Å²) in [6.07, 6.45) is -5.92. The molecule has 1 aromatic rings. The molecule has 1 saturated heterocycles. The molecular formula is C12H14F3N5O5. The van der Waals surface area contributed by atoms with Gasteiger partial charge in [-0.15, -0.1) is 5.10 Å². The maximum atomic E-state index is 12.8. The van der Waals surface area contributed by atoms with Gasteiger partial charge < -0.3 is 10.1 Å². The first-order valence-electron chi connectivity index (χ1n) is 6.92. The van der Waals surface area contributed by atoms with Gasteiger partial charge in [0.05, 0.1) is 11.5 Å². The Kier molecular flexibility index (Phi) is 4.36. The number of carbonyl (C=O) groups excluding carboxylic acids is 2. The van der Waals surface area contributed by atoms with Crippen LogP contribution in [0, 0.1) is 10.1 Å². The number of nitrogens with one attached hydrogen (secondary N) is 2. The number of amides is 2. The zero-order valence-corrected chi connectivity index (χ0v) is 13.3. The normalized spacial score (nSPS) is 17.9. The van der Waals surface area contributed by atoms with Gasteiger partial charge in [-0.05, 0) is 20.8 Å². The van der Waals surface area contributed by atoms with Crippen molar-refractivity contribution in [3.63, 3.8) is 0 Å². The second-order valence-electron chi connectivity index (χ2n) is 6.17. The fourth-order valence-electron chi connectivity index (χ4n) is 2.06. The number of aromatic nitrogens is 2. The summed E-state index contributed by atoms with van der Waals surface area (Å²) in [5.74, 6) is -1.60. The van der Waals surface area contributed by atoms with Gasteiger partial charge in [0.2, 0.25) is 11.5 Å². The second-order valence-corrected chi connectivity index (χ2v) is 6.17. The van der Waals surface area contributed by atoms with Crippen LogP contribution < -0.4 is 10.2 Å². The largest absolute Gasteiger partial charge is 0.444 e. The number of alkyl carbamates (subject to hydrolysis) is 1. The maximum absolute atomic E-state index is 12.8. The van der Waals surface area contributed by atoms with Crippen molar-refractivity contribution in [3.8, 4) is 0 Å². The Morgan fingerprint density at radius 3 is 2.48 bits per heavy atom.